The minimum Gasteiger partial charge on any atom is -0.326 e. The van der Waals surface area contributed by atoms with E-state index in [2.05, 4.69) is 5.32 Å². The first-order valence-corrected chi connectivity index (χ1v) is 9.35. The Balaban J connectivity index is 2.55. The van der Waals surface area contributed by atoms with Crippen molar-refractivity contribution >= 4 is 21.6 Å². The van der Waals surface area contributed by atoms with Crippen molar-refractivity contribution in [2.45, 2.75) is 33.6 Å². The van der Waals surface area contributed by atoms with Gasteiger partial charge in [0.1, 0.15) is 0 Å². The average Bonchev–Trinajstić information content (AvgIpc) is 2.36. The first-order valence-electron chi connectivity index (χ1n) is 7.50. The number of nitrogens with zero attached hydrogens (tertiary/aromatic N) is 1. The molecule has 0 aliphatic carbocycles. The summed E-state index contributed by atoms with van der Waals surface area (Å²) < 4.78 is 24.9. The van der Waals surface area contributed by atoms with Gasteiger partial charge in [-0.1, -0.05) is 26.0 Å². The van der Waals surface area contributed by atoms with Crippen molar-refractivity contribution < 1.29 is 13.2 Å². The molecule has 5 nitrogen and oxygen atoms in total. The maximum absolute atomic E-state index is 12.0. The molecule has 0 spiro atoms. The van der Waals surface area contributed by atoms with Crippen molar-refractivity contribution in [2.75, 3.05) is 24.7 Å². The van der Waals surface area contributed by atoms with Gasteiger partial charge in [0.25, 0.3) is 0 Å². The van der Waals surface area contributed by atoms with Crippen LogP contribution in [0.2, 0.25) is 0 Å². The van der Waals surface area contributed by atoms with Crippen LogP contribution in [0.1, 0.15) is 32.3 Å². The highest BCUT2D eigenvalue weighted by Crippen LogP contribution is 2.11. The maximum Gasteiger partial charge on any atom is 0.225 e. The van der Waals surface area contributed by atoms with Crippen molar-refractivity contribution in [3.05, 3.63) is 29.8 Å². The molecule has 0 radical (unpaired) electrons. The lowest BCUT2D eigenvalue weighted by molar-refractivity contribution is -0.116. The summed E-state index contributed by atoms with van der Waals surface area (Å²) >= 11 is 0. The topological polar surface area (TPSA) is 66.5 Å². The van der Waals surface area contributed by atoms with Crippen LogP contribution in [0.25, 0.3) is 0 Å². The number of hydrogen-bond donors (Lipinski definition) is 1. The second-order valence-corrected chi connectivity index (χ2v) is 7.99. The van der Waals surface area contributed by atoms with E-state index in [1.54, 1.807) is 0 Å². The number of nitrogens with one attached hydrogen (secondary N) is 1. The number of carbonyl (C=O) groups is 1. The Morgan fingerprint density at radius 2 is 1.95 bits per heavy atom. The fraction of sp³-hybridized carbons (Fsp3) is 0.562. The van der Waals surface area contributed by atoms with Gasteiger partial charge in [-0.25, -0.2) is 12.7 Å². The Kier molecular flexibility index (Phi) is 7.03. The molecule has 0 saturated carbocycles. The molecule has 0 aromatic heterocycles. The maximum atomic E-state index is 12.0. The summed E-state index contributed by atoms with van der Waals surface area (Å²) in [5.41, 5.74) is 1.80. The average molecular weight is 326 g/mol. The molecular weight excluding hydrogens is 300 g/mol. The SMILES string of the molecule is Cc1cccc(NC(=O)CCN(CCC(C)C)S(C)(=O)=O)c1. The Bertz CT molecular complexity index is 597. The number of sulfonamides is 1. The molecule has 1 aromatic carbocycles. The summed E-state index contributed by atoms with van der Waals surface area (Å²) in [4.78, 5) is 12.0. The molecule has 0 aliphatic rings. The fourth-order valence-corrected chi connectivity index (χ4v) is 2.88. The molecule has 0 fully saturated rings. The highest BCUT2D eigenvalue weighted by Gasteiger charge is 2.18. The normalized spacial score (nSPS) is 11.9. The van der Waals surface area contributed by atoms with E-state index in [-0.39, 0.29) is 18.9 Å². The van der Waals surface area contributed by atoms with Gasteiger partial charge >= 0.3 is 0 Å². The monoisotopic (exact) mass is 326 g/mol. The van der Waals surface area contributed by atoms with Gasteiger partial charge in [-0.2, -0.15) is 0 Å². The van der Waals surface area contributed by atoms with Crippen molar-refractivity contribution in [2.24, 2.45) is 5.92 Å². The zero-order chi connectivity index (χ0) is 16.8. The third-order valence-electron chi connectivity index (χ3n) is 3.31. The Labute approximate surface area is 133 Å². The van der Waals surface area contributed by atoms with Crippen molar-refractivity contribution in [1.29, 1.82) is 0 Å². The molecule has 6 heteroatoms. The first kappa shape index (κ1) is 18.6. The molecule has 1 aromatic rings. The van der Waals surface area contributed by atoms with Gasteiger partial charge in [-0.05, 0) is 37.0 Å². The quantitative estimate of drug-likeness (QED) is 0.798. The Morgan fingerprint density at radius 3 is 2.50 bits per heavy atom. The molecule has 1 amide bonds. The third kappa shape index (κ3) is 7.04. The summed E-state index contributed by atoms with van der Waals surface area (Å²) in [6, 6.07) is 7.52. The van der Waals surface area contributed by atoms with E-state index in [1.807, 2.05) is 45.0 Å². The van der Waals surface area contributed by atoms with Crippen LogP contribution in [0.4, 0.5) is 5.69 Å². The van der Waals surface area contributed by atoms with E-state index in [9.17, 15) is 13.2 Å². The number of anilines is 1. The van der Waals surface area contributed by atoms with Crippen LogP contribution < -0.4 is 5.32 Å². The van der Waals surface area contributed by atoms with E-state index in [1.165, 1.54) is 10.6 Å². The van der Waals surface area contributed by atoms with Crippen molar-refractivity contribution in [3.63, 3.8) is 0 Å². The summed E-state index contributed by atoms with van der Waals surface area (Å²) in [7, 11) is -3.28. The molecule has 124 valence electrons. The second-order valence-electron chi connectivity index (χ2n) is 6.01. The predicted octanol–water partition coefficient (Wildman–Crippen LogP) is 2.63. The number of benzene rings is 1. The molecule has 1 N–H and O–H groups in total. The molecular formula is C16H26N2O3S. The molecule has 0 unspecified atom stereocenters. The number of rotatable bonds is 8. The number of amides is 1. The number of hydrogen-bond acceptors (Lipinski definition) is 3. The van der Waals surface area contributed by atoms with Gasteiger partial charge in [0, 0.05) is 25.2 Å². The summed E-state index contributed by atoms with van der Waals surface area (Å²) in [5, 5.41) is 2.79. The largest absolute Gasteiger partial charge is 0.326 e. The van der Waals surface area contributed by atoms with Gasteiger partial charge in [0.15, 0.2) is 0 Å². The Morgan fingerprint density at radius 1 is 1.27 bits per heavy atom. The summed E-state index contributed by atoms with van der Waals surface area (Å²) in [6.07, 6.45) is 2.12. The lowest BCUT2D eigenvalue weighted by atomic mass is 10.1. The highest BCUT2D eigenvalue weighted by molar-refractivity contribution is 7.88. The molecule has 0 saturated heterocycles. The summed E-state index contributed by atoms with van der Waals surface area (Å²) in [6.45, 7) is 6.71. The van der Waals surface area contributed by atoms with Gasteiger partial charge in [-0.3, -0.25) is 4.79 Å². The predicted molar refractivity (Wildman–Crippen MR) is 90.3 cm³/mol. The number of aryl methyl sites for hydroxylation is 1. The van der Waals surface area contributed by atoms with Crippen LogP contribution in [0, 0.1) is 12.8 Å². The highest BCUT2D eigenvalue weighted by atomic mass is 32.2. The van der Waals surface area contributed by atoms with Crippen LogP contribution in [0.15, 0.2) is 24.3 Å². The molecule has 0 aliphatic heterocycles. The van der Waals surface area contributed by atoms with Crippen LogP contribution in [-0.2, 0) is 14.8 Å². The van der Waals surface area contributed by atoms with Gasteiger partial charge < -0.3 is 5.32 Å². The molecule has 0 atom stereocenters. The minimum absolute atomic E-state index is 0.152. The van der Waals surface area contributed by atoms with Crippen LogP contribution in [-0.4, -0.2) is 38.0 Å². The zero-order valence-electron chi connectivity index (χ0n) is 13.8. The van der Waals surface area contributed by atoms with Gasteiger partial charge in [-0.15, -0.1) is 0 Å². The zero-order valence-corrected chi connectivity index (χ0v) is 14.6. The van der Waals surface area contributed by atoms with Crippen LogP contribution in [0.5, 0.6) is 0 Å². The van der Waals surface area contributed by atoms with E-state index >= 15 is 0 Å². The summed E-state index contributed by atoms with van der Waals surface area (Å²) in [5.74, 6) is 0.245. The first-order chi connectivity index (χ1) is 10.2. The van der Waals surface area contributed by atoms with Gasteiger partial charge in [0.2, 0.25) is 15.9 Å². The van der Waals surface area contributed by atoms with Crippen LogP contribution in [0.3, 0.4) is 0 Å². The second kappa shape index (κ2) is 8.29. The standard InChI is InChI=1S/C16H26N2O3S/c1-13(2)8-10-18(22(4,20)21)11-9-16(19)17-15-7-5-6-14(3)12-15/h5-7,12-13H,8-11H2,1-4H3,(H,17,19). The number of carbonyl (C=O) groups excluding carboxylic acids is 1. The van der Waals surface area contributed by atoms with E-state index in [0.29, 0.717) is 12.5 Å². The molecule has 0 heterocycles. The van der Waals surface area contributed by atoms with Gasteiger partial charge in [0.05, 0.1) is 6.26 Å². The third-order valence-corrected chi connectivity index (χ3v) is 4.62. The minimum atomic E-state index is -3.28. The smallest absolute Gasteiger partial charge is 0.225 e. The molecule has 22 heavy (non-hydrogen) atoms. The van der Waals surface area contributed by atoms with E-state index < -0.39 is 10.0 Å². The lowest BCUT2D eigenvalue weighted by Gasteiger charge is -2.20. The Hall–Kier alpha value is -1.40. The van der Waals surface area contributed by atoms with E-state index in [0.717, 1.165) is 17.7 Å². The fourth-order valence-electron chi connectivity index (χ4n) is 2.02. The van der Waals surface area contributed by atoms with E-state index in [4.69, 9.17) is 0 Å². The van der Waals surface area contributed by atoms with Crippen molar-refractivity contribution in [1.82, 2.24) is 4.31 Å². The van der Waals surface area contributed by atoms with Crippen molar-refractivity contribution in [3.8, 4) is 0 Å². The van der Waals surface area contributed by atoms with Crippen LogP contribution >= 0.6 is 0 Å². The lowest BCUT2D eigenvalue weighted by Crippen LogP contribution is -2.34. The molecule has 0 bridgehead atoms. The molecule has 1 rings (SSSR count).